The molecule has 0 radical (unpaired) electrons. The summed E-state index contributed by atoms with van der Waals surface area (Å²) in [6.07, 6.45) is -3.18. The van der Waals surface area contributed by atoms with Crippen LogP contribution in [0.25, 0.3) is 16.8 Å². The summed E-state index contributed by atoms with van der Waals surface area (Å²) >= 11 is 0. The molecule has 0 aliphatic carbocycles. The Morgan fingerprint density at radius 3 is 2.40 bits per heavy atom. The summed E-state index contributed by atoms with van der Waals surface area (Å²) in [5.41, 5.74) is 0.426. The van der Waals surface area contributed by atoms with Crippen LogP contribution < -0.4 is 10.1 Å². The van der Waals surface area contributed by atoms with E-state index < -0.39 is 17.6 Å². The molecule has 4 rings (SSSR count). The Morgan fingerprint density at radius 1 is 0.943 bits per heavy atom. The van der Waals surface area contributed by atoms with Gasteiger partial charge < -0.3 is 10.1 Å². The fraction of sp³-hybridized carbons (Fsp3) is 0.0714. The number of rotatable bonds is 6. The molecule has 0 aliphatic rings. The van der Waals surface area contributed by atoms with Crippen molar-refractivity contribution in [3.63, 3.8) is 0 Å². The highest BCUT2D eigenvalue weighted by atomic mass is 19.4. The summed E-state index contributed by atoms with van der Waals surface area (Å²) in [4.78, 5) is 12.4. The van der Waals surface area contributed by atoms with E-state index in [1.54, 1.807) is 30.3 Å². The second-order valence-electron chi connectivity index (χ2n) is 7.70. The largest absolute Gasteiger partial charge is 0.489 e. The number of nitrogens with zero attached hydrogens (tertiary/aromatic N) is 1. The maximum atomic E-state index is 12.9. The van der Waals surface area contributed by atoms with Gasteiger partial charge in [-0.05, 0) is 58.3 Å². The molecule has 4 aromatic rings. The summed E-state index contributed by atoms with van der Waals surface area (Å²) in [6.45, 7) is 0.374. The van der Waals surface area contributed by atoms with Crippen LogP contribution in [0.5, 0.6) is 5.75 Å². The Kier molecular flexibility index (Phi) is 6.83. The average molecular weight is 472 g/mol. The van der Waals surface area contributed by atoms with E-state index in [2.05, 4.69) is 5.32 Å². The van der Waals surface area contributed by atoms with Gasteiger partial charge in [0.2, 0.25) is 0 Å². The highest BCUT2D eigenvalue weighted by molar-refractivity contribution is 6.09. The number of ether oxygens (including phenoxy) is 1. The number of hydrogen-bond acceptors (Lipinski definition) is 3. The van der Waals surface area contributed by atoms with Gasteiger partial charge in [0.05, 0.1) is 5.56 Å². The summed E-state index contributed by atoms with van der Waals surface area (Å²) in [5.74, 6) is -0.190. The minimum atomic E-state index is -4.54. The molecule has 0 bridgehead atoms. The lowest BCUT2D eigenvalue weighted by atomic mass is 10.1. The molecular formula is C28H19F3N2O2. The zero-order valence-electron chi connectivity index (χ0n) is 18.3. The number of nitrogens with one attached hydrogen (secondary N) is 1. The lowest BCUT2D eigenvalue weighted by molar-refractivity contribution is -0.137. The van der Waals surface area contributed by atoms with E-state index in [0.29, 0.717) is 17.9 Å². The Hall–Kier alpha value is -4.57. The maximum Gasteiger partial charge on any atom is 0.416 e. The van der Waals surface area contributed by atoms with Crippen LogP contribution in [-0.2, 0) is 17.6 Å². The Bertz CT molecular complexity index is 1430. The first-order valence-corrected chi connectivity index (χ1v) is 10.6. The molecule has 0 atom stereocenters. The quantitative estimate of drug-likeness (QED) is 0.243. The number of carbonyl (C=O) groups is 1. The van der Waals surface area contributed by atoms with Crippen LogP contribution in [0.3, 0.4) is 0 Å². The summed E-state index contributed by atoms with van der Waals surface area (Å²) in [6, 6.07) is 26.9. The molecule has 0 saturated carbocycles. The van der Waals surface area contributed by atoms with E-state index in [1.165, 1.54) is 18.2 Å². The topological polar surface area (TPSA) is 62.1 Å². The van der Waals surface area contributed by atoms with Crippen molar-refractivity contribution in [3.8, 4) is 11.8 Å². The van der Waals surface area contributed by atoms with Crippen LogP contribution in [0, 0.1) is 11.3 Å². The number of anilines is 1. The molecule has 0 heterocycles. The first kappa shape index (κ1) is 23.6. The molecule has 35 heavy (non-hydrogen) atoms. The third-order valence-corrected chi connectivity index (χ3v) is 5.28. The second-order valence-corrected chi connectivity index (χ2v) is 7.70. The first-order valence-electron chi connectivity index (χ1n) is 10.6. The van der Waals surface area contributed by atoms with Crippen molar-refractivity contribution < 1.29 is 22.7 Å². The van der Waals surface area contributed by atoms with E-state index in [0.717, 1.165) is 28.5 Å². The van der Waals surface area contributed by atoms with E-state index in [1.807, 2.05) is 42.5 Å². The van der Waals surface area contributed by atoms with Gasteiger partial charge in [-0.15, -0.1) is 0 Å². The number of benzene rings is 4. The van der Waals surface area contributed by atoms with E-state index >= 15 is 0 Å². The maximum absolute atomic E-state index is 12.9. The zero-order chi connectivity index (χ0) is 24.8. The van der Waals surface area contributed by atoms with Gasteiger partial charge >= 0.3 is 6.18 Å². The van der Waals surface area contributed by atoms with Crippen molar-refractivity contribution >= 4 is 28.4 Å². The standard InChI is InChI=1S/C28H19F3N2O2/c29-28(30,31)23-8-4-9-24(16-23)33-27(34)22(17-32)15-19-11-13-25(14-12-19)35-18-21-7-3-6-20-5-1-2-10-26(20)21/h1-16H,18H2,(H,33,34)/b22-15+. The molecule has 0 aromatic heterocycles. The molecule has 7 heteroatoms. The first-order chi connectivity index (χ1) is 16.8. The van der Waals surface area contributed by atoms with E-state index in [-0.39, 0.29) is 11.3 Å². The lowest BCUT2D eigenvalue weighted by Gasteiger charge is -2.10. The normalized spacial score (nSPS) is 11.7. The average Bonchev–Trinajstić information content (AvgIpc) is 2.86. The lowest BCUT2D eigenvalue weighted by Crippen LogP contribution is -2.14. The Labute approximate surface area is 199 Å². The van der Waals surface area contributed by atoms with Crippen molar-refractivity contribution in [1.82, 2.24) is 0 Å². The molecule has 0 unspecified atom stereocenters. The predicted molar refractivity (Wildman–Crippen MR) is 128 cm³/mol. The van der Waals surface area contributed by atoms with Crippen LogP contribution in [0.4, 0.5) is 18.9 Å². The summed E-state index contributed by atoms with van der Waals surface area (Å²) in [7, 11) is 0. The minimum Gasteiger partial charge on any atom is -0.489 e. The molecule has 0 fully saturated rings. The van der Waals surface area contributed by atoms with Gasteiger partial charge in [-0.3, -0.25) is 4.79 Å². The van der Waals surface area contributed by atoms with Crippen LogP contribution in [0.2, 0.25) is 0 Å². The molecule has 1 N–H and O–H groups in total. The predicted octanol–water partition coefficient (Wildman–Crippen LogP) is 6.98. The molecule has 4 aromatic carbocycles. The third-order valence-electron chi connectivity index (χ3n) is 5.28. The van der Waals surface area contributed by atoms with Crippen molar-refractivity contribution in [3.05, 3.63) is 113 Å². The highest BCUT2D eigenvalue weighted by Crippen LogP contribution is 2.30. The van der Waals surface area contributed by atoms with Gasteiger partial charge in [-0.1, -0.05) is 60.7 Å². The van der Waals surface area contributed by atoms with Crippen LogP contribution in [0.1, 0.15) is 16.7 Å². The monoisotopic (exact) mass is 472 g/mol. The second kappa shape index (κ2) is 10.1. The Morgan fingerprint density at radius 2 is 1.66 bits per heavy atom. The number of nitriles is 1. The van der Waals surface area contributed by atoms with Gasteiger partial charge in [0.15, 0.2) is 0 Å². The summed E-state index contributed by atoms with van der Waals surface area (Å²) in [5, 5.41) is 14.0. The smallest absolute Gasteiger partial charge is 0.416 e. The highest BCUT2D eigenvalue weighted by Gasteiger charge is 2.30. The van der Waals surface area contributed by atoms with Crippen molar-refractivity contribution in [2.24, 2.45) is 0 Å². The molecule has 1 amide bonds. The number of carbonyl (C=O) groups excluding carboxylic acids is 1. The van der Waals surface area contributed by atoms with E-state index in [4.69, 9.17) is 4.74 Å². The van der Waals surface area contributed by atoms with Gasteiger partial charge in [0.1, 0.15) is 24.0 Å². The van der Waals surface area contributed by atoms with Crippen LogP contribution >= 0.6 is 0 Å². The van der Waals surface area contributed by atoms with Gasteiger partial charge in [0, 0.05) is 5.69 Å². The fourth-order valence-electron chi connectivity index (χ4n) is 3.53. The summed E-state index contributed by atoms with van der Waals surface area (Å²) < 4.78 is 44.5. The molecule has 4 nitrogen and oxygen atoms in total. The van der Waals surface area contributed by atoms with E-state index in [9.17, 15) is 23.2 Å². The molecule has 0 spiro atoms. The van der Waals surface area contributed by atoms with Gasteiger partial charge in [-0.25, -0.2) is 0 Å². The van der Waals surface area contributed by atoms with Gasteiger partial charge in [-0.2, -0.15) is 18.4 Å². The SMILES string of the molecule is N#C/C(=C\c1ccc(OCc2cccc3ccccc23)cc1)C(=O)Nc1cccc(C(F)(F)F)c1. The van der Waals surface area contributed by atoms with Crippen LogP contribution in [-0.4, -0.2) is 5.91 Å². The van der Waals surface area contributed by atoms with Crippen LogP contribution in [0.15, 0.2) is 96.6 Å². The molecule has 0 saturated heterocycles. The van der Waals surface area contributed by atoms with Gasteiger partial charge in [0.25, 0.3) is 5.91 Å². The van der Waals surface area contributed by atoms with Crippen molar-refractivity contribution in [1.29, 1.82) is 5.26 Å². The Balaban J connectivity index is 1.43. The number of alkyl halides is 3. The van der Waals surface area contributed by atoms with Crippen molar-refractivity contribution in [2.75, 3.05) is 5.32 Å². The number of halogens is 3. The number of hydrogen-bond donors (Lipinski definition) is 1. The van der Waals surface area contributed by atoms with Crippen molar-refractivity contribution in [2.45, 2.75) is 12.8 Å². The molecular weight excluding hydrogens is 453 g/mol. The fourth-order valence-corrected chi connectivity index (χ4v) is 3.53. The molecule has 174 valence electrons. The minimum absolute atomic E-state index is 0.0526. The number of fused-ring (bicyclic) bond motifs is 1. The molecule has 0 aliphatic heterocycles. The number of amides is 1. The zero-order valence-corrected chi connectivity index (χ0v) is 18.3. The third kappa shape index (κ3) is 5.87.